The van der Waals surface area contributed by atoms with Crippen molar-refractivity contribution in [3.8, 4) is 11.1 Å². The van der Waals surface area contributed by atoms with Crippen molar-refractivity contribution in [3.63, 3.8) is 0 Å². The largest absolute Gasteiger partial charge is 0.462 e. The molecule has 0 fully saturated rings. The average molecular weight is 410 g/mol. The van der Waals surface area contributed by atoms with Crippen LogP contribution in [0.3, 0.4) is 0 Å². The van der Waals surface area contributed by atoms with Gasteiger partial charge in [0.15, 0.2) is 12.4 Å². The number of hydrogen-bond donors (Lipinski definition) is 0. The number of pyridine rings is 2. The second kappa shape index (κ2) is 14.5. The molecule has 0 aliphatic rings. The Morgan fingerprint density at radius 2 is 1.33 bits per heavy atom. The van der Waals surface area contributed by atoms with Gasteiger partial charge in [-0.2, -0.15) is 0 Å². The van der Waals surface area contributed by atoms with E-state index in [0.29, 0.717) is 12.2 Å². The molecule has 0 saturated carbocycles. The first kappa shape index (κ1) is 23.8. The molecule has 0 spiro atoms. The fourth-order valence-corrected chi connectivity index (χ4v) is 3.44. The standard InChI is InChI=1S/C26H37N2O2/c1-23(2)26(29)30-22-12-10-8-6-4-3-5-7-9-11-19-28-20-15-25(16-21-28)24-13-17-27-18-14-24/h13-18,20-21H,1,3-12,19,22H2,2H3/q+1. The van der Waals surface area contributed by atoms with Crippen LogP contribution in [0.2, 0.25) is 0 Å². The summed E-state index contributed by atoms with van der Waals surface area (Å²) >= 11 is 0. The maximum Gasteiger partial charge on any atom is 0.333 e. The Hall–Kier alpha value is -2.49. The van der Waals surface area contributed by atoms with Crippen LogP contribution in [-0.4, -0.2) is 17.6 Å². The number of carbonyl (C=O) groups is 1. The number of hydrogen-bond acceptors (Lipinski definition) is 3. The fourth-order valence-electron chi connectivity index (χ4n) is 3.44. The third kappa shape index (κ3) is 9.82. The second-order valence-electron chi connectivity index (χ2n) is 8.01. The van der Waals surface area contributed by atoms with Gasteiger partial charge < -0.3 is 4.74 Å². The van der Waals surface area contributed by atoms with Crippen molar-refractivity contribution in [1.29, 1.82) is 0 Å². The fraction of sp³-hybridized carbons (Fsp3) is 0.500. The van der Waals surface area contributed by atoms with Crippen molar-refractivity contribution in [2.24, 2.45) is 0 Å². The van der Waals surface area contributed by atoms with E-state index in [1.807, 2.05) is 24.5 Å². The van der Waals surface area contributed by atoms with Crippen molar-refractivity contribution >= 4 is 5.97 Å². The zero-order valence-electron chi connectivity index (χ0n) is 18.5. The zero-order valence-corrected chi connectivity index (χ0v) is 18.5. The molecular weight excluding hydrogens is 372 g/mol. The maximum absolute atomic E-state index is 11.2. The highest BCUT2D eigenvalue weighted by Gasteiger charge is 2.03. The molecular formula is C26H37N2O2+. The molecule has 2 heterocycles. The van der Waals surface area contributed by atoms with Crippen LogP contribution in [0.25, 0.3) is 11.1 Å². The highest BCUT2D eigenvalue weighted by Crippen LogP contribution is 2.16. The lowest BCUT2D eigenvalue weighted by atomic mass is 10.1. The summed E-state index contributed by atoms with van der Waals surface area (Å²) in [5.74, 6) is -0.268. The number of rotatable bonds is 15. The summed E-state index contributed by atoms with van der Waals surface area (Å²) in [5.41, 5.74) is 2.93. The van der Waals surface area contributed by atoms with Gasteiger partial charge in [0.2, 0.25) is 0 Å². The van der Waals surface area contributed by atoms with Gasteiger partial charge in [0.05, 0.1) is 6.61 Å². The zero-order chi connectivity index (χ0) is 21.4. The topological polar surface area (TPSA) is 43.1 Å². The van der Waals surface area contributed by atoms with E-state index < -0.39 is 0 Å². The third-order valence-electron chi connectivity index (χ3n) is 5.30. The van der Waals surface area contributed by atoms with Gasteiger partial charge >= 0.3 is 5.97 Å². The van der Waals surface area contributed by atoms with Crippen molar-refractivity contribution in [1.82, 2.24) is 4.98 Å². The minimum atomic E-state index is -0.268. The first-order valence-electron chi connectivity index (χ1n) is 11.4. The number of aryl methyl sites for hydroxylation is 1. The van der Waals surface area contributed by atoms with Crippen molar-refractivity contribution < 1.29 is 14.1 Å². The minimum absolute atomic E-state index is 0.268. The molecule has 0 aliphatic heterocycles. The molecule has 162 valence electrons. The molecule has 0 bridgehead atoms. The first-order valence-corrected chi connectivity index (χ1v) is 11.4. The Morgan fingerprint density at radius 1 is 0.833 bits per heavy atom. The summed E-state index contributed by atoms with van der Waals surface area (Å²) in [6.45, 7) is 6.88. The molecule has 0 unspecified atom stereocenters. The molecule has 0 atom stereocenters. The van der Waals surface area contributed by atoms with Crippen LogP contribution in [0.4, 0.5) is 0 Å². The summed E-state index contributed by atoms with van der Waals surface area (Å²) in [5, 5.41) is 0. The van der Waals surface area contributed by atoms with Crippen LogP contribution in [0.5, 0.6) is 0 Å². The summed E-state index contributed by atoms with van der Waals surface area (Å²) in [6, 6.07) is 8.45. The average Bonchev–Trinajstić information content (AvgIpc) is 2.77. The van der Waals surface area contributed by atoms with Crippen LogP contribution in [0.15, 0.2) is 61.2 Å². The Balaban J connectivity index is 1.41. The summed E-state index contributed by atoms with van der Waals surface area (Å²) in [4.78, 5) is 15.3. The Kier molecular flexibility index (Phi) is 11.5. The molecule has 4 heteroatoms. The van der Waals surface area contributed by atoms with E-state index in [4.69, 9.17) is 4.74 Å². The molecule has 0 saturated heterocycles. The number of unbranched alkanes of at least 4 members (excludes halogenated alkanes) is 9. The highest BCUT2D eigenvalue weighted by atomic mass is 16.5. The summed E-state index contributed by atoms with van der Waals surface area (Å²) in [7, 11) is 0. The van der Waals surface area contributed by atoms with E-state index in [-0.39, 0.29) is 5.97 Å². The predicted molar refractivity (Wildman–Crippen MR) is 122 cm³/mol. The van der Waals surface area contributed by atoms with Gasteiger partial charge in [-0.15, -0.1) is 0 Å². The van der Waals surface area contributed by atoms with Crippen LogP contribution < -0.4 is 4.57 Å². The number of esters is 1. The minimum Gasteiger partial charge on any atom is -0.462 e. The van der Waals surface area contributed by atoms with E-state index in [2.05, 4.69) is 40.7 Å². The molecule has 0 aromatic carbocycles. The number of aromatic nitrogens is 2. The van der Waals surface area contributed by atoms with Crippen molar-refractivity contribution in [2.75, 3.05) is 6.61 Å². The van der Waals surface area contributed by atoms with Gasteiger partial charge in [-0.3, -0.25) is 4.98 Å². The lowest BCUT2D eigenvalue weighted by Crippen LogP contribution is -2.32. The van der Waals surface area contributed by atoms with Gasteiger partial charge in [-0.1, -0.05) is 51.5 Å². The lowest BCUT2D eigenvalue weighted by Gasteiger charge is -2.04. The number of nitrogens with zero attached hydrogens (tertiary/aromatic N) is 2. The smallest absolute Gasteiger partial charge is 0.333 e. The van der Waals surface area contributed by atoms with E-state index in [1.165, 1.54) is 62.5 Å². The molecule has 0 amide bonds. The van der Waals surface area contributed by atoms with E-state index in [1.54, 1.807) is 6.92 Å². The van der Waals surface area contributed by atoms with Crippen molar-refractivity contribution in [3.05, 3.63) is 61.2 Å². The van der Waals surface area contributed by atoms with Crippen LogP contribution in [0.1, 0.15) is 71.1 Å². The van der Waals surface area contributed by atoms with Gasteiger partial charge in [0, 0.05) is 36.5 Å². The van der Waals surface area contributed by atoms with Gasteiger partial charge in [0.25, 0.3) is 0 Å². The Morgan fingerprint density at radius 3 is 1.90 bits per heavy atom. The molecule has 2 aromatic rings. The number of ether oxygens (including phenoxy) is 1. The van der Waals surface area contributed by atoms with E-state index in [0.717, 1.165) is 19.4 Å². The Bertz CT molecular complexity index is 741. The normalized spacial score (nSPS) is 10.7. The van der Waals surface area contributed by atoms with Crippen molar-refractivity contribution in [2.45, 2.75) is 77.7 Å². The summed E-state index contributed by atoms with van der Waals surface area (Å²) < 4.78 is 7.38. The van der Waals surface area contributed by atoms with Crippen LogP contribution >= 0.6 is 0 Å². The van der Waals surface area contributed by atoms with Crippen LogP contribution in [0, 0.1) is 0 Å². The number of carbonyl (C=O) groups excluding carboxylic acids is 1. The highest BCUT2D eigenvalue weighted by molar-refractivity contribution is 5.86. The van der Waals surface area contributed by atoms with E-state index >= 15 is 0 Å². The Labute approximate surface area is 182 Å². The maximum atomic E-state index is 11.2. The predicted octanol–water partition coefficient (Wildman–Crippen LogP) is 6.06. The molecule has 0 aliphatic carbocycles. The monoisotopic (exact) mass is 409 g/mol. The van der Waals surface area contributed by atoms with Crippen LogP contribution in [-0.2, 0) is 16.1 Å². The van der Waals surface area contributed by atoms with Gasteiger partial charge in [0.1, 0.15) is 6.54 Å². The van der Waals surface area contributed by atoms with E-state index in [9.17, 15) is 4.79 Å². The molecule has 30 heavy (non-hydrogen) atoms. The molecule has 0 radical (unpaired) electrons. The molecule has 2 rings (SSSR count). The van der Waals surface area contributed by atoms with Gasteiger partial charge in [-0.25, -0.2) is 9.36 Å². The van der Waals surface area contributed by atoms with Gasteiger partial charge in [-0.05, 0) is 43.0 Å². The second-order valence-corrected chi connectivity index (χ2v) is 8.01. The molecule has 4 nitrogen and oxygen atoms in total. The summed E-state index contributed by atoms with van der Waals surface area (Å²) in [6.07, 6.45) is 20.5. The quantitative estimate of drug-likeness (QED) is 0.155. The first-order chi connectivity index (χ1) is 14.7. The lowest BCUT2D eigenvalue weighted by molar-refractivity contribution is -0.697. The SMILES string of the molecule is C=C(C)C(=O)OCCCCCCCCCCCC[n+]1ccc(-c2ccncc2)cc1. The third-order valence-corrected chi connectivity index (χ3v) is 5.30. The molecule has 2 aromatic heterocycles. The molecule has 0 N–H and O–H groups in total.